The van der Waals surface area contributed by atoms with E-state index in [0.717, 1.165) is 18.1 Å². The number of aromatic carboxylic acids is 1. The highest BCUT2D eigenvalue weighted by molar-refractivity contribution is 5.89. The van der Waals surface area contributed by atoms with Crippen molar-refractivity contribution < 1.29 is 23.8 Å². The summed E-state index contributed by atoms with van der Waals surface area (Å²) in [5.74, 6) is -0.757. The van der Waals surface area contributed by atoms with Crippen molar-refractivity contribution in [1.29, 1.82) is 0 Å². The summed E-state index contributed by atoms with van der Waals surface area (Å²) >= 11 is 0. The van der Waals surface area contributed by atoms with Gasteiger partial charge < -0.3 is 14.6 Å². The van der Waals surface area contributed by atoms with E-state index in [1.54, 1.807) is 24.3 Å². The molecule has 2 aromatic rings. The van der Waals surface area contributed by atoms with E-state index in [2.05, 4.69) is 0 Å². The normalized spacial score (nSPS) is 13.6. The molecule has 0 saturated heterocycles. The second-order valence-electron chi connectivity index (χ2n) is 4.71. The molecule has 4 nitrogen and oxygen atoms in total. The van der Waals surface area contributed by atoms with E-state index in [9.17, 15) is 9.18 Å². The van der Waals surface area contributed by atoms with Gasteiger partial charge in [0.1, 0.15) is 5.82 Å². The van der Waals surface area contributed by atoms with Crippen molar-refractivity contribution in [2.75, 3.05) is 13.2 Å². The van der Waals surface area contributed by atoms with E-state index in [-0.39, 0.29) is 5.56 Å². The largest absolute Gasteiger partial charge is 0.490 e. The molecule has 0 aromatic heterocycles. The van der Waals surface area contributed by atoms with E-state index in [4.69, 9.17) is 14.6 Å². The molecule has 0 bridgehead atoms. The van der Waals surface area contributed by atoms with Gasteiger partial charge in [0.25, 0.3) is 0 Å². The van der Waals surface area contributed by atoms with Crippen LogP contribution in [0.3, 0.4) is 0 Å². The maximum atomic E-state index is 13.4. The zero-order valence-corrected chi connectivity index (χ0v) is 11.1. The quantitative estimate of drug-likeness (QED) is 0.920. The van der Waals surface area contributed by atoms with Gasteiger partial charge in [-0.1, -0.05) is 12.1 Å². The minimum absolute atomic E-state index is 0.348. The second kappa shape index (κ2) is 5.44. The number of fused-ring (bicyclic) bond motifs is 1. The minimum atomic E-state index is -1.29. The van der Waals surface area contributed by atoms with Crippen LogP contribution in [0.15, 0.2) is 36.4 Å². The number of carboxylic acids is 1. The van der Waals surface area contributed by atoms with Crippen molar-refractivity contribution in [3.8, 4) is 22.6 Å². The first-order chi connectivity index (χ1) is 10.1. The number of hydrogen-bond acceptors (Lipinski definition) is 3. The first kappa shape index (κ1) is 13.4. The molecule has 0 unspecified atom stereocenters. The number of rotatable bonds is 2. The first-order valence-electron chi connectivity index (χ1n) is 6.58. The Kier molecular flexibility index (Phi) is 3.48. The molecule has 3 rings (SSSR count). The van der Waals surface area contributed by atoms with E-state index < -0.39 is 11.8 Å². The molecule has 0 aliphatic carbocycles. The number of hydrogen-bond donors (Lipinski definition) is 1. The van der Waals surface area contributed by atoms with Gasteiger partial charge in [0.2, 0.25) is 0 Å². The van der Waals surface area contributed by atoms with E-state index in [1.165, 1.54) is 6.07 Å². The molecule has 0 amide bonds. The van der Waals surface area contributed by atoms with Crippen molar-refractivity contribution >= 4 is 5.97 Å². The standard InChI is InChI=1S/C16H13FO4/c17-13-4-2-10(8-12(13)16(18)19)11-3-5-14-15(9-11)21-7-1-6-20-14/h2-5,8-9H,1,6-7H2,(H,18,19). The molecule has 2 aromatic carbocycles. The molecular weight excluding hydrogens is 275 g/mol. The van der Waals surface area contributed by atoms with Crippen LogP contribution in [-0.4, -0.2) is 24.3 Å². The third kappa shape index (κ3) is 2.67. The highest BCUT2D eigenvalue weighted by Gasteiger charge is 2.14. The summed E-state index contributed by atoms with van der Waals surface area (Å²) in [5, 5.41) is 8.98. The van der Waals surface area contributed by atoms with Crippen molar-refractivity contribution in [2.45, 2.75) is 6.42 Å². The van der Waals surface area contributed by atoms with Crippen LogP contribution >= 0.6 is 0 Å². The third-order valence-corrected chi connectivity index (χ3v) is 3.28. The fourth-order valence-corrected chi connectivity index (χ4v) is 2.21. The lowest BCUT2D eigenvalue weighted by atomic mass is 10.0. The summed E-state index contributed by atoms with van der Waals surface area (Å²) in [6.45, 7) is 1.17. The van der Waals surface area contributed by atoms with Crippen LogP contribution in [-0.2, 0) is 0 Å². The Morgan fingerprint density at radius 2 is 1.67 bits per heavy atom. The Hall–Kier alpha value is -2.56. The average molecular weight is 288 g/mol. The van der Waals surface area contributed by atoms with Gasteiger partial charge in [-0.25, -0.2) is 9.18 Å². The van der Waals surface area contributed by atoms with Crippen LogP contribution in [0.5, 0.6) is 11.5 Å². The summed E-state index contributed by atoms with van der Waals surface area (Å²) in [7, 11) is 0. The van der Waals surface area contributed by atoms with Gasteiger partial charge in [0.15, 0.2) is 11.5 Å². The second-order valence-corrected chi connectivity index (χ2v) is 4.71. The lowest BCUT2D eigenvalue weighted by molar-refractivity contribution is 0.0692. The molecular formula is C16H13FO4. The molecule has 1 aliphatic heterocycles. The van der Waals surface area contributed by atoms with Crippen LogP contribution in [0.1, 0.15) is 16.8 Å². The van der Waals surface area contributed by atoms with Crippen LogP contribution in [0.4, 0.5) is 4.39 Å². The van der Waals surface area contributed by atoms with Crippen molar-refractivity contribution in [3.63, 3.8) is 0 Å². The van der Waals surface area contributed by atoms with Gasteiger partial charge in [-0.15, -0.1) is 0 Å². The molecule has 0 fully saturated rings. The summed E-state index contributed by atoms with van der Waals surface area (Å²) in [5.41, 5.74) is 1.02. The summed E-state index contributed by atoms with van der Waals surface area (Å²) in [4.78, 5) is 11.0. The predicted molar refractivity (Wildman–Crippen MR) is 74.4 cm³/mol. The molecule has 5 heteroatoms. The van der Waals surface area contributed by atoms with Crippen molar-refractivity contribution in [2.24, 2.45) is 0 Å². The minimum Gasteiger partial charge on any atom is -0.490 e. The number of halogens is 1. The maximum Gasteiger partial charge on any atom is 0.338 e. The number of carbonyl (C=O) groups is 1. The molecule has 1 N–H and O–H groups in total. The van der Waals surface area contributed by atoms with E-state index in [1.807, 2.05) is 0 Å². The van der Waals surface area contributed by atoms with Crippen LogP contribution in [0, 0.1) is 5.82 Å². The zero-order valence-electron chi connectivity index (χ0n) is 11.1. The SMILES string of the molecule is O=C(O)c1cc(-c2ccc3c(c2)OCCCO3)ccc1F. The third-order valence-electron chi connectivity index (χ3n) is 3.28. The van der Waals surface area contributed by atoms with Gasteiger partial charge in [0, 0.05) is 6.42 Å². The van der Waals surface area contributed by atoms with Gasteiger partial charge >= 0.3 is 5.97 Å². The smallest absolute Gasteiger partial charge is 0.338 e. The Bertz CT molecular complexity index is 697. The van der Waals surface area contributed by atoms with Gasteiger partial charge in [-0.2, -0.15) is 0 Å². The Morgan fingerprint density at radius 3 is 2.43 bits per heavy atom. The van der Waals surface area contributed by atoms with Crippen LogP contribution in [0.25, 0.3) is 11.1 Å². The summed E-state index contributed by atoms with van der Waals surface area (Å²) < 4.78 is 24.6. The molecule has 0 radical (unpaired) electrons. The van der Waals surface area contributed by atoms with Gasteiger partial charge in [0.05, 0.1) is 18.8 Å². The monoisotopic (exact) mass is 288 g/mol. The van der Waals surface area contributed by atoms with Gasteiger partial charge in [-0.3, -0.25) is 0 Å². The topological polar surface area (TPSA) is 55.8 Å². The lowest BCUT2D eigenvalue weighted by Gasteiger charge is -2.10. The highest BCUT2D eigenvalue weighted by atomic mass is 19.1. The first-order valence-corrected chi connectivity index (χ1v) is 6.58. The van der Waals surface area contributed by atoms with Gasteiger partial charge in [-0.05, 0) is 35.4 Å². The van der Waals surface area contributed by atoms with E-state index >= 15 is 0 Å². The van der Waals surface area contributed by atoms with Crippen LogP contribution in [0.2, 0.25) is 0 Å². The average Bonchev–Trinajstić information content (AvgIpc) is 2.72. The Morgan fingerprint density at radius 1 is 1.00 bits per heavy atom. The molecule has 21 heavy (non-hydrogen) atoms. The highest BCUT2D eigenvalue weighted by Crippen LogP contribution is 2.34. The molecule has 108 valence electrons. The molecule has 0 spiro atoms. The Labute approximate surface area is 120 Å². The maximum absolute atomic E-state index is 13.4. The number of ether oxygens (including phenoxy) is 2. The number of carboxylic acid groups (broad SMARTS) is 1. The van der Waals surface area contributed by atoms with E-state index in [0.29, 0.717) is 30.3 Å². The van der Waals surface area contributed by atoms with Crippen molar-refractivity contribution in [3.05, 3.63) is 47.8 Å². The fraction of sp³-hybridized carbons (Fsp3) is 0.188. The molecule has 0 saturated carbocycles. The molecule has 0 atom stereocenters. The predicted octanol–water partition coefficient (Wildman–Crippen LogP) is 3.35. The molecule has 1 heterocycles. The molecule has 1 aliphatic rings. The fourth-order valence-electron chi connectivity index (χ4n) is 2.21. The number of benzene rings is 2. The van der Waals surface area contributed by atoms with Crippen LogP contribution < -0.4 is 9.47 Å². The lowest BCUT2D eigenvalue weighted by Crippen LogP contribution is -2.00. The Balaban J connectivity index is 2.03. The summed E-state index contributed by atoms with van der Waals surface area (Å²) in [6.07, 6.45) is 0.809. The van der Waals surface area contributed by atoms with Crippen molar-refractivity contribution in [1.82, 2.24) is 0 Å². The summed E-state index contributed by atoms with van der Waals surface area (Å²) in [6, 6.07) is 9.37. The zero-order chi connectivity index (χ0) is 14.8.